The molecule has 1 N–H and O–H groups in total. The molecule has 3 rings (SSSR count). The summed E-state index contributed by atoms with van der Waals surface area (Å²) in [5, 5.41) is 3.79. The van der Waals surface area contributed by atoms with Gasteiger partial charge >= 0.3 is 0 Å². The maximum atomic E-state index is 12.7. The number of nitrogens with zero attached hydrogens (tertiary/aromatic N) is 1. The Balaban J connectivity index is 1.43. The Morgan fingerprint density at radius 2 is 1.79 bits per heavy atom. The standard InChI is InChI=1S/C23H27ClN2O3/c1-2-29-20-10-7-18(8-11-20)23(28)26-15-13-19(14-16-26)25-22(27)12-9-17-5-3-4-6-21(17)24/h3-8,10-11,19H,2,9,12-16H2,1H3,(H,25,27). The Hall–Kier alpha value is -2.53. The molecule has 0 aromatic heterocycles. The molecule has 0 spiro atoms. The predicted molar refractivity (Wildman–Crippen MR) is 114 cm³/mol. The third-order valence-corrected chi connectivity index (χ3v) is 5.51. The maximum Gasteiger partial charge on any atom is 0.253 e. The van der Waals surface area contributed by atoms with Gasteiger partial charge in [0.05, 0.1) is 6.61 Å². The first-order valence-corrected chi connectivity index (χ1v) is 10.5. The molecule has 29 heavy (non-hydrogen) atoms. The molecule has 1 fully saturated rings. The smallest absolute Gasteiger partial charge is 0.253 e. The Morgan fingerprint density at radius 1 is 1.10 bits per heavy atom. The zero-order chi connectivity index (χ0) is 20.6. The molecular weight excluding hydrogens is 388 g/mol. The second-order valence-electron chi connectivity index (χ2n) is 7.18. The van der Waals surface area contributed by atoms with Crippen LogP contribution in [0.15, 0.2) is 48.5 Å². The van der Waals surface area contributed by atoms with E-state index in [1.54, 1.807) is 12.1 Å². The molecule has 0 bridgehead atoms. The number of amides is 2. The zero-order valence-electron chi connectivity index (χ0n) is 16.7. The minimum Gasteiger partial charge on any atom is -0.494 e. The van der Waals surface area contributed by atoms with E-state index in [4.69, 9.17) is 16.3 Å². The third kappa shape index (κ3) is 5.97. The van der Waals surface area contributed by atoms with Gasteiger partial charge in [-0.15, -0.1) is 0 Å². The topological polar surface area (TPSA) is 58.6 Å². The number of carbonyl (C=O) groups excluding carboxylic acids is 2. The lowest BCUT2D eigenvalue weighted by molar-refractivity contribution is -0.122. The number of hydrogen-bond acceptors (Lipinski definition) is 3. The number of rotatable bonds is 7. The van der Waals surface area contributed by atoms with Gasteiger partial charge in [0.2, 0.25) is 5.91 Å². The first-order valence-electron chi connectivity index (χ1n) is 10.1. The van der Waals surface area contributed by atoms with Crippen LogP contribution in [0.2, 0.25) is 5.02 Å². The minimum atomic E-state index is 0.0246. The second-order valence-corrected chi connectivity index (χ2v) is 7.59. The quantitative estimate of drug-likeness (QED) is 0.742. The molecule has 2 aromatic carbocycles. The number of piperidine rings is 1. The van der Waals surface area contributed by atoms with E-state index < -0.39 is 0 Å². The molecule has 1 saturated heterocycles. The number of carbonyl (C=O) groups is 2. The van der Waals surface area contributed by atoms with E-state index >= 15 is 0 Å². The molecule has 0 saturated carbocycles. The van der Waals surface area contributed by atoms with Gasteiger partial charge in [-0.1, -0.05) is 29.8 Å². The maximum absolute atomic E-state index is 12.7. The first kappa shape index (κ1) is 21.2. The average molecular weight is 415 g/mol. The number of nitrogens with one attached hydrogen (secondary N) is 1. The predicted octanol–water partition coefficient (Wildman–Crippen LogP) is 4.09. The van der Waals surface area contributed by atoms with Crippen molar-refractivity contribution >= 4 is 23.4 Å². The van der Waals surface area contributed by atoms with Crippen LogP contribution in [-0.4, -0.2) is 42.5 Å². The lowest BCUT2D eigenvalue weighted by Crippen LogP contribution is -2.46. The van der Waals surface area contributed by atoms with Crippen LogP contribution >= 0.6 is 11.6 Å². The van der Waals surface area contributed by atoms with E-state index in [1.165, 1.54) is 0 Å². The van der Waals surface area contributed by atoms with Gasteiger partial charge in [-0.2, -0.15) is 0 Å². The van der Waals surface area contributed by atoms with Crippen LogP contribution in [0.25, 0.3) is 0 Å². The molecule has 5 nitrogen and oxygen atoms in total. The summed E-state index contributed by atoms with van der Waals surface area (Å²) >= 11 is 6.14. The fraction of sp³-hybridized carbons (Fsp3) is 0.391. The lowest BCUT2D eigenvalue weighted by atomic mass is 10.0. The van der Waals surface area contributed by atoms with Gasteiger partial charge in [-0.3, -0.25) is 9.59 Å². The van der Waals surface area contributed by atoms with Crippen LogP contribution < -0.4 is 10.1 Å². The highest BCUT2D eigenvalue weighted by Crippen LogP contribution is 2.18. The van der Waals surface area contributed by atoms with Gasteiger partial charge in [0.15, 0.2) is 0 Å². The molecule has 0 unspecified atom stereocenters. The number of benzene rings is 2. The number of hydrogen-bond donors (Lipinski definition) is 1. The molecule has 154 valence electrons. The van der Waals surface area contributed by atoms with E-state index in [9.17, 15) is 9.59 Å². The second kappa shape index (κ2) is 10.3. The highest BCUT2D eigenvalue weighted by atomic mass is 35.5. The molecular formula is C23H27ClN2O3. The van der Waals surface area contributed by atoms with Crippen LogP contribution in [0.5, 0.6) is 5.75 Å². The number of aryl methyl sites for hydroxylation is 1. The van der Waals surface area contributed by atoms with Gasteiger partial charge in [0, 0.05) is 36.1 Å². The van der Waals surface area contributed by atoms with Crippen LogP contribution in [0.1, 0.15) is 42.1 Å². The normalized spacial score (nSPS) is 14.5. The van der Waals surface area contributed by atoms with Crippen LogP contribution in [-0.2, 0) is 11.2 Å². The summed E-state index contributed by atoms with van der Waals surface area (Å²) in [6, 6.07) is 15.0. The summed E-state index contributed by atoms with van der Waals surface area (Å²) in [7, 11) is 0. The highest BCUT2D eigenvalue weighted by molar-refractivity contribution is 6.31. The molecule has 0 aliphatic carbocycles. The summed E-state index contributed by atoms with van der Waals surface area (Å²) in [4.78, 5) is 26.8. The Kier molecular flexibility index (Phi) is 7.53. The molecule has 1 aliphatic rings. The van der Waals surface area contributed by atoms with E-state index in [1.807, 2.05) is 48.2 Å². The van der Waals surface area contributed by atoms with Crippen molar-refractivity contribution in [3.8, 4) is 5.75 Å². The minimum absolute atomic E-state index is 0.0246. The van der Waals surface area contributed by atoms with E-state index in [-0.39, 0.29) is 17.9 Å². The van der Waals surface area contributed by atoms with E-state index in [0.717, 1.165) is 24.2 Å². The Bertz CT molecular complexity index is 830. The fourth-order valence-electron chi connectivity index (χ4n) is 3.52. The number of ether oxygens (including phenoxy) is 1. The van der Waals surface area contributed by atoms with Gasteiger partial charge in [0.25, 0.3) is 5.91 Å². The Morgan fingerprint density at radius 3 is 2.45 bits per heavy atom. The molecule has 0 atom stereocenters. The number of likely N-dealkylation sites (tertiary alicyclic amines) is 1. The van der Waals surface area contributed by atoms with E-state index in [0.29, 0.717) is 43.1 Å². The van der Waals surface area contributed by atoms with Crippen LogP contribution in [0.4, 0.5) is 0 Å². The highest BCUT2D eigenvalue weighted by Gasteiger charge is 2.24. The van der Waals surface area contributed by atoms with E-state index in [2.05, 4.69) is 5.32 Å². The van der Waals surface area contributed by atoms with Gasteiger partial charge < -0.3 is 15.0 Å². The van der Waals surface area contributed by atoms with Crippen molar-refractivity contribution in [2.75, 3.05) is 19.7 Å². The van der Waals surface area contributed by atoms with Gasteiger partial charge in [-0.05, 0) is 62.1 Å². The summed E-state index contributed by atoms with van der Waals surface area (Å²) in [6.45, 7) is 3.81. The third-order valence-electron chi connectivity index (χ3n) is 5.14. The van der Waals surface area contributed by atoms with Crippen LogP contribution in [0, 0.1) is 0 Å². The Labute approximate surface area is 177 Å². The fourth-order valence-corrected chi connectivity index (χ4v) is 3.75. The zero-order valence-corrected chi connectivity index (χ0v) is 17.5. The molecule has 0 radical (unpaired) electrons. The summed E-state index contributed by atoms with van der Waals surface area (Å²) in [5.74, 6) is 0.819. The van der Waals surface area contributed by atoms with Crippen molar-refractivity contribution in [3.63, 3.8) is 0 Å². The summed E-state index contributed by atoms with van der Waals surface area (Å²) in [5.41, 5.74) is 1.65. The lowest BCUT2D eigenvalue weighted by Gasteiger charge is -2.32. The SMILES string of the molecule is CCOc1ccc(C(=O)N2CCC(NC(=O)CCc3ccccc3Cl)CC2)cc1. The van der Waals surface area contributed by atoms with Gasteiger partial charge in [-0.25, -0.2) is 0 Å². The molecule has 2 aromatic rings. The van der Waals surface area contributed by atoms with Gasteiger partial charge in [0.1, 0.15) is 5.75 Å². The van der Waals surface area contributed by atoms with Crippen molar-refractivity contribution in [1.82, 2.24) is 10.2 Å². The molecule has 1 aliphatic heterocycles. The van der Waals surface area contributed by atoms with Crippen molar-refractivity contribution in [3.05, 3.63) is 64.7 Å². The molecule has 1 heterocycles. The van der Waals surface area contributed by atoms with Crippen molar-refractivity contribution in [2.24, 2.45) is 0 Å². The monoisotopic (exact) mass is 414 g/mol. The van der Waals surface area contributed by atoms with Crippen LogP contribution in [0.3, 0.4) is 0 Å². The van der Waals surface area contributed by atoms with Crippen molar-refractivity contribution in [1.29, 1.82) is 0 Å². The van der Waals surface area contributed by atoms with Crippen molar-refractivity contribution in [2.45, 2.75) is 38.6 Å². The molecule has 6 heteroatoms. The summed E-state index contributed by atoms with van der Waals surface area (Å²) < 4.78 is 5.42. The molecule has 2 amide bonds. The first-order chi connectivity index (χ1) is 14.1. The largest absolute Gasteiger partial charge is 0.494 e. The average Bonchev–Trinajstić information content (AvgIpc) is 2.74. The number of halogens is 1. The summed E-state index contributed by atoms with van der Waals surface area (Å²) in [6.07, 6.45) is 2.57. The van der Waals surface area contributed by atoms with Crippen molar-refractivity contribution < 1.29 is 14.3 Å².